The molecule has 1 unspecified atom stereocenters. The van der Waals surface area contributed by atoms with Crippen molar-refractivity contribution in [2.24, 2.45) is 5.92 Å². The Morgan fingerprint density at radius 2 is 2.00 bits per heavy atom. The van der Waals surface area contributed by atoms with E-state index in [1.54, 1.807) is 0 Å². The minimum absolute atomic E-state index is 0.0234. The molecule has 2 amide bonds. The highest BCUT2D eigenvalue weighted by molar-refractivity contribution is 5.76. The topological polar surface area (TPSA) is 91.2 Å². The molecule has 0 bridgehead atoms. The number of carbonyl (C=O) groups excluding carboxylic acids is 2. The summed E-state index contributed by atoms with van der Waals surface area (Å²) in [7, 11) is 0. The molecule has 0 spiro atoms. The van der Waals surface area contributed by atoms with Crippen LogP contribution in [0.4, 0.5) is 4.79 Å². The summed E-state index contributed by atoms with van der Waals surface area (Å²) in [6.45, 7) is 2.62. The molecular weight excluding hydrogens is 282 g/mol. The predicted molar refractivity (Wildman–Crippen MR) is 81.7 cm³/mol. The molecule has 22 heavy (non-hydrogen) atoms. The zero-order chi connectivity index (χ0) is 16.2. The van der Waals surface area contributed by atoms with Crippen LogP contribution in [0.25, 0.3) is 0 Å². The van der Waals surface area contributed by atoms with Crippen LogP contribution >= 0.6 is 0 Å². The van der Waals surface area contributed by atoms with Crippen molar-refractivity contribution in [1.29, 1.82) is 5.26 Å². The number of hydrogen-bond acceptors (Lipinski definition) is 4. The Balaban J connectivity index is 2.11. The van der Waals surface area contributed by atoms with Gasteiger partial charge in [0.2, 0.25) is 5.91 Å². The van der Waals surface area contributed by atoms with Gasteiger partial charge in [0.25, 0.3) is 0 Å². The van der Waals surface area contributed by atoms with Crippen molar-refractivity contribution in [1.82, 2.24) is 10.6 Å². The van der Waals surface area contributed by atoms with Crippen molar-refractivity contribution in [3.05, 3.63) is 35.9 Å². The van der Waals surface area contributed by atoms with Crippen LogP contribution in [0.1, 0.15) is 25.3 Å². The molecule has 0 aliphatic heterocycles. The van der Waals surface area contributed by atoms with Gasteiger partial charge in [0, 0.05) is 13.0 Å². The van der Waals surface area contributed by atoms with Gasteiger partial charge in [-0.15, -0.1) is 0 Å². The van der Waals surface area contributed by atoms with Crippen molar-refractivity contribution >= 4 is 12.0 Å². The Morgan fingerprint density at radius 3 is 2.68 bits per heavy atom. The van der Waals surface area contributed by atoms with E-state index in [0.717, 1.165) is 5.56 Å². The highest BCUT2D eigenvalue weighted by atomic mass is 16.5. The highest BCUT2D eigenvalue weighted by Gasteiger charge is 2.09. The summed E-state index contributed by atoms with van der Waals surface area (Å²) in [6, 6.07) is 11.3. The standard InChI is InChI=1S/C16H21N3O3/c1-13(11-15(20)18-10-8-17)7-9-19-16(21)22-12-14-5-3-2-4-6-14/h2-6,13H,7,9-12H2,1H3,(H,18,20)(H,19,21). The van der Waals surface area contributed by atoms with Crippen LogP contribution in [0, 0.1) is 17.2 Å². The second kappa shape index (κ2) is 10.2. The quantitative estimate of drug-likeness (QED) is 0.718. The molecule has 0 aliphatic carbocycles. The zero-order valence-electron chi connectivity index (χ0n) is 12.7. The maximum atomic E-state index is 11.5. The van der Waals surface area contributed by atoms with E-state index >= 15 is 0 Å². The van der Waals surface area contributed by atoms with E-state index < -0.39 is 6.09 Å². The number of nitrogens with zero attached hydrogens (tertiary/aromatic N) is 1. The van der Waals surface area contributed by atoms with Crippen LogP contribution in [0.15, 0.2) is 30.3 Å². The molecule has 0 radical (unpaired) electrons. The van der Waals surface area contributed by atoms with Gasteiger partial charge in [0.15, 0.2) is 0 Å². The van der Waals surface area contributed by atoms with Crippen molar-refractivity contribution < 1.29 is 14.3 Å². The van der Waals surface area contributed by atoms with Gasteiger partial charge in [-0.2, -0.15) is 5.26 Å². The van der Waals surface area contributed by atoms with Crippen LogP contribution in [0.5, 0.6) is 0 Å². The molecule has 2 N–H and O–H groups in total. The van der Waals surface area contributed by atoms with Crippen molar-refractivity contribution in [3.63, 3.8) is 0 Å². The van der Waals surface area contributed by atoms with E-state index in [2.05, 4.69) is 10.6 Å². The predicted octanol–water partition coefficient (Wildman–Crippen LogP) is 1.97. The number of alkyl carbamates (subject to hydrolysis) is 1. The molecule has 0 fully saturated rings. The summed E-state index contributed by atoms with van der Waals surface area (Å²) in [4.78, 5) is 22.9. The van der Waals surface area contributed by atoms with Crippen molar-refractivity contribution in [3.8, 4) is 6.07 Å². The lowest BCUT2D eigenvalue weighted by atomic mass is 10.0. The molecule has 0 heterocycles. The minimum Gasteiger partial charge on any atom is -0.445 e. The van der Waals surface area contributed by atoms with E-state index in [9.17, 15) is 9.59 Å². The van der Waals surface area contributed by atoms with E-state index in [4.69, 9.17) is 10.00 Å². The smallest absolute Gasteiger partial charge is 0.407 e. The number of nitriles is 1. The van der Waals surface area contributed by atoms with Crippen LogP contribution in [0.3, 0.4) is 0 Å². The van der Waals surface area contributed by atoms with Crippen molar-refractivity contribution in [2.45, 2.75) is 26.4 Å². The summed E-state index contributed by atoms with van der Waals surface area (Å²) in [5, 5.41) is 13.5. The molecular formula is C16H21N3O3. The highest BCUT2D eigenvalue weighted by Crippen LogP contribution is 2.06. The molecule has 1 aromatic rings. The summed E-state index contributed by atoms with van der Waals surface area (Å²) in [6.07, 6.45) is 0.535. The number of rotatable bonds is 8. The molecule has 0 saturated carbocycles. The van der Waals surface area contributed by atoms with Crippen LogP contribution in [-0.4, -0.2) is 25.1 Å². The third-order valence-electron chi connectivity index (χ3n) is 3.02. The van der Waals surface area contributed by atoms with Crippen molar-refractivity contribution in [2.75, 3.05) is 13.1 Å². The van der Waals surface area contributed by atoms with E-state index in [1.807, 2.05) is 43.3 Å². The van der Waals surface area contributed by atoms with Gasteiger partial charge in [-0.05, 0) is 17.9 Å². The van der Waals surface area contributed by atoms with E-state index in [0.29, 0.717) is 19.4 Å². The first-order chi connectivity index (χ1) is 10.6. The Bertz CT molecular complexity index is 511. The average Bonchev–Trinajstić information content (AvgIpc) is 2.52. The fraction of sp³-hybridized carbons (Fsp3) is 0.438. The molecule has 6 nitrogen and oxygen atoms in total. The zero-order valence-corrected chi connectivity index (χ0v) is 12.7. The maximum absolute atomic E-state index is 11.5. The Kier molecular flexibility index (Phi) is 8.13. The van der Waals surface area contributed by atoms with Gasteiger partial charge in [-0.25, -0.2) is 4.79 Å². The van der Waals surface area contributed by atoms with Gasteiger partial charge >= 0.3 is 6.09 Å². The summed E-state index contributed by atoms with van der Waals surface area (Å²) in [5.74, 6) is -0.0335. The molecule has 0 saturated heterocycles. The molecule has 1 aromatic carbocycles. The van der Waals surface area contributed by atoms with E-state index in [-0.39, 0.29) is 25.0 Å². The lowest BCUT2D eigenvalue weighted by Crippen LogP contribution is -2.28. The number of amides is 2. The average molecular weight is 303 g/mol. The molecule has 0 aliphatic rings. The molecule has 1 atom stereocenters. The number of nitrogens with one attached hydrogen (secondary N) is 2. The normalized spacial score (nSPS) is 11.1. The number of hydrogen-bond donors (Lipinski definition) is 2. The number of ether oxygens (including phenoxy) is 1. The lowest BCUT2D eigenvalue weighted by molar-refractivity contribution is -0.121. The monoisotopic (exact) mass is 303 g/mol. The summed E-state index contributed by atoms with van der Waals surface area (Å²) >= 11 is 0. The summed E-state index contributed by atoms with van der Waals surface area (Å²) < 4.78 is 5.08. The molecule has 1 rings (SSSR count). The van der Waals surface area contributed by atoms with E-state index in [1.165, 1.54) is 0 Å². The molecule has 118 valence electrons. The Labute approximate surface area is 130 Å². The number of carbonyl (C=O) groups is 2. The number of benzene rings is 1. The lowest BCUT2D eigenvalue weighted by Gasteiger charge is -2.11. The molecule has 6 heteroatoms. The first-order valence-corrected chi connectivity index (χ1v) is 7.20. The SMILES string of the molecule is CC(CCNC(=O)OCc1ccccc1)CC(=O)NCC#N. The van der Waals surface area contributed by atoms with Gasteiger partial charge < -0.3 is 15.4 Å². The Morgan fingerprint density at radius 1 is 1.27 bits per heavy atom. The fourth-order valence-electron chi connectivity index (χ4n) is 1.82. The maximum Gasteiger partial charge on any atom is 0.407 e. The minimum atomic E-state index is -0.468. The molecule has 0 aromatic heterocycles. The van der Waals surface area contributed by atoms with Crippen LogP contribution < -0.4 is 10.6 Å². The van der Waals surface area contributed by atoms with Crippen LogP contribution in [-0.2, 0) is 16.1 Å². The van der Waals surface area contributed by atoms with Gasteiger partial charge in [0.1, 0.15) is 13.2 Å². The third-order valence-corrected chi connectivity index (χ3v) is 3.02. The van der Waals surface area contributed by atoms with Gasteiger partial charge in [0.05, 0.1) is 6.07 Å². The van der Waals surface area contributed by atoms with Crippen LogP contribution in [0.2, 0.25) is 0 Å². The third kappa shape index (κ3) is 7.90. The summed E-state index contributed by atoms with van der Waals surface area (Å²) in [5.41, 5.74) is 0.931. The van der Waals surface area contributed by atoms with Gasteiger partial charge in [-0.1, -0.05) is 37.3 Å². The first kappa shape index (κ1) is 17.5. The Hall–Kier alpha value is -2.55. The first-order valence-electron chi connectivity index (χ1n) is 7.20. The second-order valence-electron chi connectivity index (χ2n) is 5.02. The van der Waals surface area contributed by atoms with Gasteiger partial charge in [-0.3, -0.25) is 4.79 Å². The largest absolute Gasteiger partial charge is 0.445 e. The second-order valence-corrected chi connectivity index (χ2v) is 5.02. The fourth-order valence-corrected chi connectivity index (χ4v) is 1.82.